The molecule has 0 spiro atoms. The highest BCUT2D eigenvalue weighted by Crippen LogP contribution is 2.20. The Kier molecular flexibility index (Phi) is 4.85. The van der Waals surface area contributed by atoms with E-state index in [0.717, 1.165) is 19.1 Å². The molecule has 0 saturated carbocycles. The Labute approximate surface area is 88.2 Å². The summed E-state index contributed by atoms with van der Waals surface area (Å²) in [6.07, 6.45) is 2.71. The van der Waals surface area contributed by atoms with Gasteiger partial charge in [0.15, 0.2) is 0 Å². The molecule has 1 aliphatic rings. The van der Waals surface area contributed by atoms with Crippen LogP contribution in [0.3, 0.4) is 0 Å². The highest BCUT2D eigenvalue weighted by molar-refractivity contribution is 4.83. The molecule has 0 aromatic carbocycles. The van der Waals surface area contributed by atoms with Crippen LogP contribution in [0.5, 0.6) is 0 Å². The third-order valence-corrected chi connectivity index (χ3v) is 3.12. The van der Waals surface area contributed by atoms with Crippen LogP contribution in [0.15, 0.2) is 0 Å². The Morgan fingerprint density at radius 3 is 2.79 bits per heavy atom. The van der Waals surface area contributed by atoms with E-state index in [9.17, 15) is 0 Å². The van der Waals surface area contributed by atoms with Gasteiger partial charge in [-0.25, -0.2) is 0 Å². The molecule has 1 atom stereocenters. The second-order valence-corrected chi connectivity index (χ2v) is 4.68. The minimum absolute atomic E-state index is 0.689. The van der Waals surface area contributed by atoms with Crippen LogP contribution < -0.4 is 5.73 Å². The zero-order valence-electron chi connectivity index (χ0n) is 9.87. The van der Waals surface area contributed by atoms with E-state index < -0.39 is 0 Å². The number of hydrogen-bond donors (Lipinski definition) is 1. The molecule has 1 aliphatic heterocycles. The summed E-state index contributed by atoms with van der Waals surface area (Å²) in [4.78, 5) is 4.97. The lowest BCUT2D eigenvalue weighted by atomic mass is 10.2. The van der Waals surface area contributed by atoms with Gasteiger partial charge in [-0.05, 0) is 40.3 Å². The highest BCUT2D eigenvalue weighted by atomic mass is 15.2. The van der Waals surface area contributed by atoms with Gasteiger partial charge in [0.2, 0.25) is 0 Å². The highest BCUT2D eigenvalue weighted by Gasteiger charge is 2.26. The number of hydrogen-bond acceptors (Lipinski definition) is 3. The predicted molar refractivity (Wildman–Crippen MR) is 61.4 cm³/mol. The number of nitrogens with zero attached hydrogens (tertiary/aromatic N) is 2. The maximum atomic E-state index is 5.54. The summed E-state index contributed by atoms with van der Waals surface area (Å²) in [5.41, 5.74) is 5.54. The molecule has 0 aromatic rings. The molecule has 84 valence electrons. The summed E-state index contributed by atoms with van der Waals surface area (Å²) in [6, 6.07) is 1.44. The van der Waals surface area contributed by atoms with Crippen molar-refractivity contribution in [2.45, 2.75) is 38.8 Å². The van der Waals surface area contributed by atoms with E-state index in [4.69, 9.17) is 5.73 Å². The summed E-state index contributed by atoms with van der Waals surface area (Å²) >= 11 is 0. The van der Waals surface area contributed by atoms with Crippen LogP contribution in [-0.4, -0.2) is 55.1 Å². The fourth-order valence-electron chi connectivity index (χ4n) is 2.41. The molecule has 1 fully saturated rings. The standard InChI is InChI=1S/C11H25N3/c1-10(2)14-7-4-5-11(14)9-13(3)8-6-12/h10-11H,4-9,12H2,1-3H3. The van der Waals surface area contributed by atoms with Crippen molar-refractivity contribution in [3.8, 4) is 0 Å². The van der Waals surface area contributed by atoms with Gasteiger partial charge in [0.25, 0.3) is 0 Å². The van der Waals surface area contributed by atoms with Gasteiger partial charge in [0.05, 0.1) is 0 Å². The molecule has 0 aromatic heterocycles. The van der Waals surface area contributed by atoms with E-state index in [-0.39, 0.29) is 0 Å². The van der Waals surface area contributed by atoms with Crippen LogP contribution in [0.2, 0.25) is 0 Å². The van der Waals surface area contributed by atoms with Crippen molar-refractivity contribution in [3.05, 3.63) is 0 Å². The average Bonchev–Trinajstić information content (AvgIpc) is 2.52. The zero-order chi connectivity index (χ0) is 10.6. The third kappa shape index (κ3) is 3.23. The molecule has 2 N–H and O–H groups in total. The Hall–Kier alpha value is -0.120. The van der Waals surface area contributed by atoms with Crippen molar-refractivity contribution in [1.29, 1.82) is 0 Å². The molecule has 0 radical (unpaired) electrons. The van der Waals surface area contributed by atoms with E-state index in [1.54, 1.807) is 0 Å². The van der Waals surface area contributed by atoms with Crippen molar-refractivity contribution >= 4 is 0 Å². The molecule has 1 rings (SSSR count). The quantitative estimate of drug-likeness (QED) is 0.709. The third-order valence-electron chi connectivity index (χ3n) is 3.12. The second kappa shape index (κ2) is 5.69. The van der Waals surface area contributed by atoms with Crippen LogP contribution in [0.4, 0.5) is 0 Å². The molecule has 0 aliphatic carbocycles. The Bertz CT molecular complexity index is 159. The number of rotatable bonds is 5. The fraction of sp³-hybridized carbons (Fsp3) is 1.00. The number of likely N-dealkylation sites (N-methyl/N-ethyl adjacent to an activating group) is 1. The van der Waals surface area contributed by atoms with Gasteiger partial charge in [0, 0.05) is 31.7 Å². The van der Waals surface area contributed by atoms with E-state index >= 15 is 0 Å². The Morgan fingerprint density at radius 2 is 2.21 bits per heavy atom. The lowest BCUT2D eigenvalue weighted by molar-refractivity contribution is 0.161. The molecule has 1 unspecified atom stereocenters. The number of likely N-dealkylation sites (tertiary alicyclic amines) is 1. The molecule has 0 amide bonds. The molecule has 3 nitrogen and oxygen atoms in total. The van der Waals surface area contributed by atoms with Gasteiger partial charge in [-0.15, -0.1) is 0 Å². The SMILES string of the molecule is CC(C)N1CCCC1CN(C)CCN. The first kappa shape index (κ1) is 12.0. The molecular formula is C11H25N3. The van der Waals surface area contributed by atoms with Crippen LogP contribution in [0.25, 0.3) is 0 Å². The van der Waals surface area contributed by atoms with Crippen molar-refractivity contribution in [2.24, 2.45) is 5.73 Å². The Balaban J connectivity index is 2.35. The van der Waals surface area contributed by atoms with Crippen molar-refractivity contribution in [1.82, 2.24) is 9.80 Å². The van der Waals surface area contributed by atoms with Gasteiger partial charge in [-0.2, -0.15) is 0 Å². The monoisotopic (exact) mass is 199 g/mol. The van der Waals surface area contributed by atoms with Gasteiger partial charge >= 0.3 is 0 Å². The summed E-state index contributed by atoms with van der Waals surface area (Å²) in [5, 5.41) is 0. The summed E-state index contributed by atoms with van der Waals surface area (Å²) in [6.45, 7) is 8.82. The van der Waals surface area contributed by atoms with E-state index in [1.807, 2.05) is 0 Å². The van der Waals surface area contributed by atoms with Crippen LogP contribution in [0.1, 0.15) is 26.7 Å². The largest absolute Gasteiger partial charge is 0.329 e. The first-order chi connectivity index (χ1) is 6.65. The van der Waals surface area contributed by atoms with E-state index in [1.165, 1.54) is 25.9 Å². The Morgan fingerprint density at radius 1 is 1.50 bits per heavy atom. The molecular weight excluding hydrogens is 174 g/mol. The molecule has 1 saturated heterocycles. The van der Waals surface area contributed by atoms with Crippen molar-refractivity contribution in [2.75, 3.05) is 33.2 Å². The van der Waals surface area contributed by atoms with Gasteiger partial charge in [-0.1, -0.05) is 0 Å². The normalized spacial score (nSPS) is 24.0. The second-order valence-electron chi connectivity index (χ2n) is 4.68. The molecule has 14 heavy (non-hydrogen) atoms. The van der Waals surface area contributed by atoms with Crippen LogP contribution >= 0.6 is 0 Å². The first-order valence-corrected chi connectivity index (χ1v) is 5.79. The molecule has 1 heterocycles. The number of nitrogens with two attached hydrogens (primary N) is 1. The van der Waals surface area contributed by atoms with Gasteiger partial charge in [-0.3, -0.25) is 4.90 Å². The predicted octanol–water partition coefficient (Wildman–Crippen LogP) is 0.750. The molecule has 0 bridgehead atoms. The first-order valence-electron chi connectivity index (χ1n) is 5.79. The lowest BCUT2D eigenvalue weighted by Gasteiger charge is -2.31. The maximum absolute atomic E-state index is 5.54. The summed E-state index contributed by atoms with van der Waals surface area (Å²) in [5.74, 6) is 0. The lowest BCUT2D eigenvalue weighted by Crippen LogP contribution is -2.43. The summed E-state index contributed by atoms with van der Waals surface area (Å²) < 4.78 is 0. The topological polar surface area (TPSA) is 32.5 Å². The van der Waals surface area contributed by atoms with Crippen LogP contribution in [-0.2, 0) is 0 Å². The van der Waals surface area contributed by atoms with E-state index in [2.05, 4.69) is 30.7 Å². The van der Waals surface area contributed by atoms with Gasteiger partial charge in [0.1, 0.15) is 0 Å². The summed E-state index contributed by atoms with van der Waals surface area (Å²) in [7, 11) is 2.17. The zero-order valence-corrected chi connectivity index (χ0v) is 9.87. The van der Waals surface area contributed by atoms with Gasteiger partial charge < -0.3 is 10.6 Å². The van der Waals surface area contributed by atoms with Crippen molar-refractivity contribution in [3.63, 3.8) is 0 Å². The minimum Gasteiger partial charge on any atom is -0.329 e. The average molecular weight is 199 g/mol. The fourth-order valence-corrected chi connectivity index (χ4v) is 2.41. The maximum Gasteiger partial charge on any atom is 0.0226 e. The van der Waals surface area contributed by atoms with Crippen LogP contribution in [0, 0.1) is 0 Å². The molecule has 3 heteroatoms. The van der Waals surface area contributed by atoms with Crippen molar-refractivity contribution < 1.29 is 0 Å². The van der Waals surface area contributed by atoms with E-state index in [0.29, 0.717) is 6.04 Å². The minimum atomic E-state index is 0.689. The smallest absolute Gasteiger partial charge is 0.0226 e.